The van der Waals surface area contributed by atoms with Crippen LogP contribution in [0, 0.1) is 6.92 Å². The highest BCUT2D eigenvalue weighted by Gasteiger charge is 2.16. The van der Waals surface area contributed by atoms with E-state index in [2.05, 4.69) is 5.32 Å². The van der Waals surface area contributed by atoms with Gasteiger partial charge in [-0.15, -0.1) is 11.3 Å². The predicted molar refractivity (Wildman–Crippen MR) is 68.5 cm³/mol. The first kappa shape index (κ1) is 11.5. The first-order chi connectivity index (χ1) is 8.16. The number of hydrogen-bond acceptors (Lipinski definition) is 3. The van der Waals surface area contributed by atoms with Crippen molar-refractivity contribution in [1.82, 2.24) is 0 Å². The number of benzene rings is 1. The van der Waals surface area contributed by atoms with Crippen LogP contribution >= 0.6 is 11.3 Å². The molecule has 0 aliphatic rings. The number of nitrogens with one attached hydrogen (secondary N) is 1. The second-order valence-electron chi connectivity index (χ2n) is 3.63. The molecule has 0 radical (unpaired) electrons. The number of aryl methyl sites for hydroxylation is 1. The highest BCUT2D eigenvalue weighted by molar-refractivity contribution is 7.13. The van der Waals surface area contributed by atoms with Gasteiger partial charge in [0, 0.05) is 5.69 Å². The average molecular weight is 245 g/mol. The van der Waals surface area contributed by atoms with Crippen molar-refractivity contribution in [2.45, 2.75) is 6.92 Å². The Morgan fingerprint density at radius 1 is 1.18 bits per heavy atom. The van der Waals surface area contributed by atoms with Gasteiger partial charge in [-0.25, -0.2) is 0 Å². The monoisotopic (exact) mass is 245 g/mol. The molecule has 0 saturated carbocycles. The number of anilines is 1. The van der Waals surface area contributed by atoms with Crippen LogP contribution in [-0.2, 0) is 4.79 Å². The standard InChI is InChI=1S/C13H11NO2S/c1-9-4-2-5-10(8-9)14-13(16)12(15)11-6-3-7-17-11/h2-8H,1H3,(H,14,16). The van der Waals surface area contributed by atoms with E-state index < -0.39 is 11.7 Å². The van der Waals surface area contributed by atoms with E-state index in [9.17, 15) is 9.59 Å². The molecule has 0 fully saturated rings. The van der Waals surface area contributed by atoms with E-state index in [1.165, 1.54) is 11.3 Å². The van der Waals surface area contributed by atoms with Gasteiger partial charge in [0.1, 0.15) is 0 Å². The summed E-state index contributed by atoms with van der Waals surface area (Å²) in [5.41, 5.74) is 1.67. The van der Waals surface area contributed by atoms with Crippen molar-refractivity contribution in [1.29, 1.82) is 0 Å². The van der Waals surface area contributed by atoms with E-state index >= 15 is 0 Å². The number of ketones is 1. The molecule has 1 N–H and O–H groups in total. The number of thiophene rings is 1. The Morgan fingerprint density at radius 2 is 2.00 bits per heavy atom. The summed E-state index contributed by atoms with van der Waals surface area (Å²) in [5.74, 6) is -1.10. The first-order valence-corrected chi connectivity index (χ1v) is 6.00. The second kappa shape index (κ2) is 4.93. The van der Waals surface area contributed by atoms with Crippen LogP contribution in [0.25, 0.3) is 0 Å². The summed E-state index contributed by atoms with van der Waals surface area (Å²) in [6, 6.07) is 10.7. The van der Waals surface area contributed by atoms with Gasteiger partial charge in [-0.05, 0) is 36.1 Å². The van der Waals surface area contributed by atoms with Crippen LogP contribution in [0.15, 0.2) is 41.8 Å². The minimum Gasteiger partial charge on any atom is -0.319 e. The fourth-order valence-corrected chi connectivity index (χ4v) is 2.09. The van der Waals surface area contributed by atoms with Gasteiger partial charge in [0.2, 0.25) is 0 Å². The zero-order chi connectivity index (χ0) is 12.3. The normalized spacial score (nSPS) is 9.94. The van der Waals surface area contributed by atoms with Crippen LogP contribution in [-0.4, -0.2) is 11.7 Å². The molecule has 1 aromatic heterocycles. The lowest BCUT2D eigenvalue weighted by Crippen LogP contribution is -2.21. The van der Waals surface area contributed by atoms with Gasteiger partial charge >= 0.3 is 0 Å². The molecule has 0 unspecified atom stereocenters. The fraction of sp³-hybridized carbons (Fsp3) is 0.0769. The maximum atomic E-state index is 11.7. The van der Waals surface area contributed by atoms with E-state index in [0.29, 0.717) is 10.6 Å². The van der Waals surface area contributed by atoms with Crippen LogP contribution < -0.4 is 5.32 Å². The van der Waals surface area contributed by atoms with E-state index in [0.717, 1.165) is 5.56 Å². The molecular weight excluding hydrogens is 234 g/mol. The zero-order valence-corrected chi connectivity index (χ0v) is 10.1. The molecular formula is C13H11NO2S. The Bertz CT molecular complexity index is 546. The van der Waals surface area contributed by atoms with Crippen molar-refractivity contribution in [2.75, 3.05) is 5.32 Å². The molecule has 86 valence electrons. The van der Waals surface area contributed by atoms with E-state index in [1.807, 2.05) is 25.1 Å². The van der Waals surface area contributed by atoms with Crippen molar-refractivity contribution in [3.8, 4) is 0 Å². The minimum absolute atomic E-state index is 0.454. The predicted octanol–water partition coefficient (Wildman–Crippen LogP) is 2.88. The third-order valence-electron chi connectivity index (χ3n) is 2.23. The Morgan fingerprint density at radius 3 is 2.65 bits per heavy atom. The van der Waals surface area contributed by atoms with Crippen molar-refractivity contribution >= 4 is 28.7 Å². The number of amides is 1. The summed E-state index contributed by atoms with van der Waals surface area (Å²) in [6.45, 7) is 1.93. The van der Waals surface area contributed by atoms with Gasteiger partial charge in [-0.3, -0.25) is 9.59 Å². The Balaban J connectivity index is 2.10. The summed E-state index contributed by atoms with van der Waals surface area (Å²) in [4.78, 5) is 23.8. The number of rotatable bonds is 3. The molecule has 4 heteroatoms. The van der Waals surface area contributed by atoms with Crippen molar-refractivity contribution in [2.24, 2.45) is 0 Å². The number of hydrogen-bond donors (Lipinski definition) is 1. The molecule has 0 saturated heterocycles. The van der Waals surface area contributed by atoms with Crippen LogP contribution in [0.3, 0.4) is 0 Å². The molecule has 17 heavy (non-hydrogen) atoms. The number of carbonyl (C=O) groups is 2. The summed E-state index contributed by atoms with van der Waals surface area (Å²) in [5, 5.41) is 4.36. The van der Waals surface area contributed by atoms with E-state index in [4.69, 9.17) is 0 Å². The SMILES string of the molecule is Cc1cccc(NC(=O)C(=O)c2cccs2)c1. The third kappa shape index (κ3) is 2.79. The molecule has 2 aromatic rings. The van der Waals surface area contributed by atoms with Gasteiger partial charge in [0.05, 0.1) is 4.88 Å². The van der Waals surface area contributed by atoms with Gasteiger partial charge in [0.25, 0.3) is 11.7 Å². The molecule has 1 aromatic carbocycles. The second-order valence-corrected chi connectivity index (χ2v) is 4.58. The minimum atomic E-state index is -0.599. The van der Waals surface area contributed by atoms with Crippen molar-refractivity contribution in [3.05, 3.63) is 52.2 Å². The van der Waals surface area contributed by atoms with Crippen molar-refractivity contribution < 1.29 is 9.59 Å². The van der Waals surface area contributed by atoms with Gasteiger partial charge in [-0.1, -0.05) is 18.2 Å². The van der Waals surface area contributed by atoms with E-state index in [-0.39, 0.29) is 0 Å². The van der Waals surface area contributed by atoms with Gasteiger partial charge < -0.3 is 5.32 Å². The molecule has 2 rings (SSSR count). The molecule has 0 atom stereocenters. The largest absolute Gasteiger partial charge is 0.319 e. The molecule has 0 aliphatic heterocycles. The molecule has 0 bridgehead atoms. The molecule has 1 amide bonds. The summed E-state index contributed by atoms with van der Waals surface area (Å²) in [6.07, 6.45) is 0. The van der Waals surface area contributed by atoms with Crippen molar-refractivity contribution in [3.63, 3.8) is 0 Å². The maximum absolute atomic E-state index is 11.7. The topological polar surface area (TPSA) is 46.2 Å². The maximum Gasteiger partial charge on any atom is 0.297 e. The number of Topliss-reactive ketones (excluding diaryl/α,β-unsaturated/α-hetero) is 1. The lowest BCUT2D eigenvalue weighted by atomic mass is 10.2. The van der Waals surface area contributed by atoms with Crippen LogP contribution in [0.5, 0.6) is 0 Å². The van der Waals surface area contributed by atoms with E-state index in [1.54, 1.807) is 23.6 Å². The quantitative estimate of drug-likeness (QED) is 0.667. The third-order valence-corrected chi connectivity index (χ3v) is 3.10. The zero-order valence-electron chi connectivity index (χ0n) is 9.27. The lowest BCUT2D eigenvalue weighted by Gasteiger charge is -2.03. The lowest BCUT2D eigenvalue weighted by molar-refractivity contribution is -0.112. The number of carbonyl (C=O) groups excluding carboxylic acids is 2. The average Bonchev–Trinajstić information content (AvgIpc) is 2.81. The van der Waals surface area contributed by atoms with Crippen LogP contribution in [0.2, 0.25) is 0 Å². The Labute approximate surface area is 103 Å². The highest BCUT2D eigenvalue weighted by Crippen LogP contribution is 2.13. The molecule has 3 nitrogen and oxygen atoms in total. The van der Waals surface area contributed by atoms with Crippen LogP contribution in [0.4, 0.5) is 5.69 Å². The van der Waals surface area contributed by atoms with Crippen LogP contribution in [0.1, 0.15) is 15.2 Å². The van der Waals surface area contributed by atoms with Gasteiger partial charge in [0.15, 0.2) is 0 Å². The Hall–Kier alpha value is -1.94. The smallest absolute Gasteiger partial charge is 0.297 e. The molecule has 0 aliphatic carbocycles. The molecule has 0 spiro atoms. The molecule has 1 heterocycles. The summed E-state index contributed by atoms with van der Waals surface area (Å²) >= 11 is 1.26. The highest BCUT2D eigenvalue weighted by atomic mass is 32.1. The van der Waals surface area contributed by atoms with Gasteiger partial charge in [-0.2, -0.15) is 0 Å². The Kier molecular flexibility index (Phi) is 3.35. The summed E-state index contributed by atoms with van der Waals surface area (Å²) < 4.78 is 0. The summed E-state index contributed by atoms with van der Waals surface area (Å²) in [7, 11) is 0. The first-order valence-electron chi connectivity index (χ1n) is 5.12. The fourth-order valence-electron chi connectivity index (χ4n) is 1.43.